The van der Waals surface area contributed by atoms with E-state index in [1.807, 2.05) is 50.2 Å². The molecule has 4 N–H and O–H groups in total. The van der Waals surface area contributed by atoms with E-state index in [-0.39, 0.29) is 0 Å². The average molecular weight is 425 g/mol. The second kappa shape index (κ2) is 9.96. The molecule has 0 radical (unpaired) electrons. The van der Waals surface area contributed by atoms with Crippen molar-refractivity contribution in [2.45, 2.75) is 26.9 Å². The van der Waals surface area contributed by atoms with E-state index in [9.17, 15) is 0 Å². The molecule has 0 bridgehead atoms. The van der Waals surface area contributed by atoms with E-state index in [1.54, 1.807) is 33.9 Å². The Kier molecular flexibility index (Phi) is 6.89. The molecule has 0 fully saturated rings. The van der Waals surface area contributed by atoms with Crippen molar-refractivity contribution in [2.75, 3.05) is 11.5 Å². The van der Waals surface area contributed by atoms with Crippen LogP contribution in [-0.2, 0) is 13.1 Å². The van der Waals surface area contributed by atoms with Crippen molar-refractivity contribution in [3.63, 3.8) is 0 Å². The van der Waals surface area contributed by atoms with Crippen molar-refractivity contribution >= 4 is 11.4 Å². The molecule has 8 nitrogen and oxygen atoms in total. The molecule has 0 aliphatic heterocycles. The summed E-state index contributed by atoms with van der Waals surface area (Å²) in [6.07, 6.45) is 3.41. The zero-order chi connectivity index (χ0) is 23.1. The number of nitrogen functional groups attached to an aromatic ring is 2. The lowest BCUT2D eigenvalue weighted by Gasteiger charge is -2.06. The van der Waals surface area contributed by atoms with Gasteiger partial charge in [-0.2, -0.15) is 20.7 Å². The van der Waals surface area contributed by atoms with E-state index in [1.165, 1.54) is 0 Å². The Morgan fingerprint density at radius 3 is 1.88 bits per heavy atom. The lowest BCUT2D eigenvalue weighted by atomic mass is 10.1. The first-order valence-corrected chi connectivity index (χ1v) is 9.96. The van der Waals surface area contributed by atoms with Crippen LogP contribution in [0.4, 0.5) is 11.4 Å². The van der Waals surface area contributed by atoms with Gasteiger partial charge in [-0.1, -0.05) is 36.4 Å². The second-order valence-corrected chi connectivity index (χ2v) is 7.25. The molecule has 0 amide bonds. The van der Waals surface area contributed by atoms with Crippen LogP contribution >= 0.6 is 0 Å². The van der Waals surface area contributed by atoms with Crippen LogP contribution in [0.5, 0.6) is 0 Å². The van der Waals surface area contributed by atoms with Gasteiger partial charge in [-0.25, -0.2) is 0 Å². The molecule has 0 unspecified atom stereocenters. The second-order valence-electron chi connectivity index (χ2n) is 7.25. The smallest absolute Gasteiger partial charge is 0.0995 e. The van der Waals surface area contributed by atoms with Crippen LogP contribution in [0.15, 0.2) is 60.9 Å². The molecule has 2 aromatic carbocycles. The van der Waals surface area contributed by atoms with Crippen molar-refractivity contribution in [3.8, 4) is 12.1 Å². The number of benzene rings is 2. The van der Waals surface area contributed by atoms with Crippen LogP contribution in [0.2, 0.25) is 0 Å². The fourth-order valence-corrected chi connectivity index (χ4v) is 3.10. The van der Waals surface area contributed by atoms with E-state index in [0.29, 0.717) is 35.6 Å². The van der Waals surface area contributed by atoms with E-state index in [4.69, 9.17) is 22.0 Å². The Morgan fingerprint density at radius 1 is 0.844 bits per heavy atom. The number of nitriles is 2. The minimum Gasteiger partial charge on any atom is -0.396 e. The Labute approximate surface area is 186 Å². The molecule has 160 valence electrons. The molecular weight excluding hydrogens is 400 g/mol. The van der Waals surface area contributed by atoms with Gasteiger partial charge in [-0.05, 0) is 37.1 Å². The van der Waals surface area contributed by atoms with Crippen molar-refractivity contribution in [2.24, 2.45) is 0 Å². The molecule has 4 aromatic rings. The molecule has 0 saturated carbocycles. The van der Waals surface area contributed by atoms with Gasteiger partial charge in [-0.15, -0.1) is 0 Å². The average Bonchev–Trinajstić information content (AvgIpc) is 3.29. The SMILES string of the molecule is Cc1c(N)cnn1Cc1ccccc1C#N.Cc1nn(Cc2ccccc2C#N)cc1N. The Balaban J connectivity index is 0.000000181. The van der Waals surface area contributed by atoms with Crippen LogP contribution in [0, 0.1) is 36.5 Å². The lowest BCUT2D eigenvalue weighted by molar-refractivity contribution is 0.664. The van der Waals surface area contributed by atoms with Gasteiger partial charge in [0.15, 0.2) is 0 Å². The Hall–Kier alpha value is -4.56. The van der Waals surface area contributed by atoms with E-state index < -0.39 is 0 Å². The highest BCUT2D eigenvalue weighted by atomic mass is 15.3. The quantitative estimate of drug-likeness (QED) is 0.515. The number of hydrogen-bond donors (Lipinski definition) is 2. The fourth-order valence-electron chi connectivity index (χ4n) is 3.10. The summed E-state index contributed by atoms with van der Waals surface area (Å²) >= 11 is 0. The van der Waals surface area contributed by atoms with Crippen molar-refractivity contribution in [1.82, 2.24) is 19.6 Å². The predicted octanol–water partition coefficient (Wildman–Crippen LogP) is 3.39. The van der Waals surface area contributed by atoms with E-state index >= 15 is 0 Å². The standard InChI is InChI=1S/2C12H12N4/c1-9-12(14)7-15-16(9)8-11-5-3-2-4-10(11)6-13;1-9-12(14)8-16(15-9)7-11-5-3-2-4-10(11)6-13/h2-5,7H,8,14H2,1H3;2-5,8H,7,14H2,1H3. The maximum atomic E-state index is 8.97. The van der Waals surface area contributed by atoms with Crippen LogP contribution in [0.25, 0.3) is 0 Å². The highest BCUT2D eigenvalue weighted by Gasteiger charge is 2.07. The largest absolute Gasteiger partial charge is 0.396 e. The van der Waals surface area contributed by atoms with E-state index in [2.05, 4.69) is 22.3 Å². The normalized spacial score (nSPS) is 10.0. The predicted molar refractivity (Wildman–Crippen MR) is 123 cm³/mol. The molecular formula is C24H24N8. The van der Waals surface area contributed by atoms with Crippen LogP contribution in [-0.4, -0.2) is 19.6 Å². The number of hydrogen-bond acceptors (Lipinski definition) is 6. The highest BCUT2D eigenvalue weighted by molar-refractivity contribution is 5.42. The van der Waals surface area contributed by atoms with Crippen molar-refractivity contribution in [1.29, 1.82) is 10.5 Å². The van der Waals surface area contributed by atoms with Crippen LogP contribution in [0.1, 0.15) is 33.6 Å². The van der Waals surface area contributed by atoms with Crippen molar-refractivity contribution < 1.29 is 0 Å². The van der Waals surface area contributed by atoms with Gasteiger partial charge in [0, 0.05) is 6.20 Å². The third kappa shape index (κ3) is 5.13. The molecule has 0 atom stereocenters. The zero-order valence-corrected chi connectivity index (χ0v) is 18.0. The van der Waals surface area contributed by atoms with Gasteiger partial charge < -0.3 is 11.5 Å². The highest BCUT2D eigenvalue weighted by Crippen LogP contribution is 2.14. The molecule has 2 aromatic heterocycles. The van der Waals surface area contributed by atoms with Gasteiger partial charge in [0.25, 0.3) is 0 Å². The first kappa shape index (κ1) is 22.1. The molecule has 4 rings (SSSR count). The first-order chi connectivity index (χ1) is 15.4. The summed E-state index contributed by atoms with van der Waals surface area (Å²) in [6, 6.07) is 19.3. The molecule has 0 saturated heterocycles. The van der Waals surface area contributed by atoms with Crippen LogP contribution < -0.4 is 11.5 Å². The molecule has 0 aliphatic rings. The summed E-state index contributed by atoms with van der Waals surface area (Å²) < 4.78 is 3.55. The minimum atomic E-state index is 0.571. The van der Waals surface area contributed by atoms with Crippen LogP contribution in [0.3, 0.4) is 0 Å². The number of aryl methyl sites for hydroxylation is 1. The molecule has 2 heterocycles. The monoisotopic (exact) mass is 424 g/mol. The molecule has 0 aliphatic carbocycles. The fraction of sp³-hybridized carbons (Fsp3) is 0.167. The summed E-state index contributed by atoms with van der Waals surface area (Å²) in [5.74, 6) is 0. The van der Waals surface area contributed by atoms with Gasteiger partial charge >= 0.3 is 0 Å². The summed E-state index contributed by atoms with van der Waals surface area (Å²) in [5.41, 5.74) is 17.8. The number of nitrogens with two attached hydrogens (primary N) is 2. The molecule has 0 spiro atoms. The Morgan fingerprint density at radius 2 is 1.41 bits per heavy atom. The van der Waals surface area contributed by atoms with Gasteiger partial charge in [0.1, 0.15) is 0 Å². The maximum Gasteiger partial charge on any atom is 0.0995 e. The first-order valence-electron chi connectivity index (χ1n) is 9.96. The van der Waals surface area contributed by atoms with Crippen molar-refractivity contribution in [3.05, 3.63) is 94.6 Å². The maximum absolute atomic E-state index is 8.97. The number of rotatable bonds is 4. The molecule has 8 heteroatoms. The third-order valence-corrected chi connectivity index (χ3v) is 5.05. The summed E-state index contributed by atoms with van der Waals surface area (Å²) in [7, 11) is 0. The summed E-state index contributed by atoms with van der Waals surface area (Å²) in [4.78, 5) is 0. The minimum absolute atomic E-state index is 0.571. The summed E-state index contributed by atoms with van der Waals surface area (Å²) in [5, 5.41) is 26.3. The lowest BCUT2D eigenvalue weighted by Crippen LogP contribution is -2.05. The molecule has 32 heavy (non-hydrogen) atoms. The Bertz CT molecular complexity index is 1280. The van der Waals surface area contributed by atoms with E-state index in [0.717, 1.165) is 22.5 Å². The number of nitrogens with zero attached hydrogens (tertiary/aromatic N) is 6. The topological polar surface area (TPSA) is 135 Å². The van der Waals surface area contributed by atoms with Gasteiger partial charge in [0.05, 0.1) is 65.3 Å². The van der Waals surface area contributed by atoms with Gasteiger partial charge in [0.2, 0.25) is 0 Å². The summed E-state index contributed by atoms with van der Waals surface area (Å²) in [6.45, 7) is 4.92. The van der Waals surface area contributed by atoms with Gasteiger partial charge in [-0.3, -0.25) is 9.36 Å². The number of anilines is 2. The number of aromatic nitrogens is 4. The zero-order valence-electron chi connectivity index (χ0n) is 18.0. The third-order valence-electron chi connectivity index (χ3n) is 5.05.